The Kier molecular flexibility index (Phi) is 6.70. The maximum atomic E-state index is 12.6. The minimum absolute atomic E-state index is 0.262. The molecular weight excluding hydrogens is 406 g/mol. The molecular formula is C10H14F6N2O5S2. The second-order valence-electron chi connectivity index (χ2n) is 5.47. The van der Waals surface area contributed by atoms with E-state index >= 15 is 0 Å². The molecule has 0 bridgehead atoms. The third-order valence-electron chi connectivity index (χ3n) is 2.94. The molecule has 1 amide bonds. The molecule has 0 aliphatic heterocycles. The minimum atomic E-state index is -6.70. The van der Waals surface area contributed by atoms with Gasteiger partial charge < -0.3 is 10.7 Å². The Morgan fingerprint density at radius 3 is 1.64 bits per heavy atom. The Balaban J connectivity index is 5.91. The number of carbonyl (C=O) groups is 1. The van der Waals surface area contributed by atoms with Crippen LogP contribution in [0.15, 0.2) is 0 Å². The average Bonchev–Trinajstić information content (AvgIpc) is 2.34. The van der Waals surface area contributed by atoms with Crippen molar-refractivity contribution in [1.29, 1.82) is 5.41 Å². The molecule has 0 fully saturated rings. The molecule has 0 spiro atoms. The first-order valence-corrected chi connectivity index (χ1v) is 9.32. The SMILES string of the molecule is CC(C)(CCC(S(=O)(=O)C(F)(F)F)S(=O)(=O)C(F)(F)F)NC(=O)C=N. The summed E-state index contributed by atoms with van der Waals surface area (Å²) in [6, 6.07) is 0. The number of alkyl halides is 6. The topological polar surface area (TPSA) is 121 Å². The van der Waals surface area contributed by atoms with E-state index in [-0.39, 0.29) is 6.21 Å². The summed E-state index contributed by atoms with van der Waals surface area (Å²) < 4.78 is 117. The molecule has 0 aliphatic rings. The number of amides is 1. The fourth-order valence-corrected chi connectivity index (χ4v) is 5.13. The lowest BCUT2D eigenvalue weighted by atomic mass is 9.99. The predicted octanol–water partition coefficient (Wildman–Crippen LogP) is 1.51. The summed E-state index contributed by atoms with van der Waals surface area (Å²) in [5, 5.41) is 8.65. The first-order valence-electron chi connectivity index (χ1n) is 6.22. The van der Waals surface area contributed by atoms with E-state index in [2.05, 4.69) is 0 Å². The molecule has 7 nitrogen and oxygen atoms in total. The fourth-order valence-electron chi connectivity index (χ4n) is 1.69. The zero-order valence-corrected chi connectivity index (χ0v) is 14.3. The van der Waals surface area contributed by atoms with Crippen LogP contribution in [0.25, 0.3) is 0 Å². The quantitative estimate of drug-likeness (QED) is 0.478. The molecule has 0 aliphatic carbocycles. The van der Waals surface area contributed by atoms with Crippen molar-refractivity contribution in [3.8, 4) is 0 Å². The Bertz CT molecular complexity index is 680. The average molecular weight is 420 g/mol. The molecule has 0 aromatic carbocycles. The molecule has 0 unspecified atom stereocenters. The van der Waals surface area contributed by atoms with Crippen LogP contribution in [0.3, 0.4) is 0 Å². The van der Waals surface area contributed by atoms with Crippen LogP contribution in [0, 0.1) is 5.41 Å². The van der Waals surface area contributed by atoms with Gasteiger partial charge in [0.05, 0.1) is 6.21 Å². The van der Waals surface area contributed by atoms with E-state index in [0.29, 0.717) is 0 Å². The number of hydrogen-bond donors (Lipinski definition) is 2. The highest BCUT2D eigenvalue weighted by Gasteiger charge is 2.62. The zero-order chi connectivity index (χ0) is 20.5. The van der Waals surface area contributed by atoms with E-state index in [1.54, 1.807) is 0 Å². The molecule has 2 N–H and O–H groups in total. The minimum Gasteiger partial charge on any atom is -0.346 e. The number of nitrogens with one attached hydrogen (secondary N) is 2. The zero-order valence-electron chi connectivity index (χ0n) is 12.7. The summed E-state index contributed by atoms with van der Waals surface area (Å²) in [6.07, 6.45) is -2.17. The van der Waals surface area contributed by atoms with Gasteiger partial charge in [0.2, 0.25) is 0 Å². The number of carbonyl (C=O) groups excluding carboxylic acids is 1. The molecule has 25 heavy (non-hydrogen) atoms. The number of hydrogen-bond acceptors (Lipinski definition) is 6. The van der Waals surface area contributed by atoms with Crippen LogP contribution in [-0.2, 0) is 24.5 Å². The molecule has 148 valence electrons. The number of sulfone groups is 2. The van der Waals surface area contributed by atoms with Crippen LogP contribution < -0.4 is 5.32 Å². The normalized spacial score (nSPS) is 14.4. The monoisotopic (exact) mass is 420 g/mol. The highest BCUT2D eigenvalue weighted by molar-refractivity contribution is 8.09. The van der Waals surface area contributed by atoms with Crippen LogP contribution in [-0.4, -0.2) is 50.1 Å². The van der Waals surface area contributed by atoms with Crippen molar-refractivity contribution < 1.29 is 48.0 Å². The summed E-state index contributed by atoms with van der Waals surface area (Å²) in [5.74, 6) is -1.06. The molecule has 0 rings (SSSR count). The third kappa shape index (κ3) is 5.55. The summed E-state index contributed by atoms with van der Waals surface area (Å²) in [4.78, 5) is 11.0. The fraction of sp³-hybridized carbons (Fsp3) is 0.800. The maximum Gasteiger partial charge on any atom is 0.498 e. The Labute approximate surface area is 139 Å². The van der Waals surface area contributed by atoms with Crippen molar-refractivity contribution in [3.05, 3.63) is 0 Å². The van der Waals surface area contributed by atoms with Crippen LogP contribution in [0.1, 0.15) is 26.7 Å². The lowest BCUT2D eigenvalue weighted by Crippen LogP contribution is -2.48. The van der Waals surface area contributed by atoms with Gasteiger partial charge in [-0.2, -0.15) is 26.3 Å². The van der Waals surface area contributed by atoms with Gasteiger partial charge >= 0.3 is 11.0 Å². The highest BCUT2D eigenvalue weighted by Crippen LogP contribution is 2.38. The first kappa shape index (κ1) is 23.6. The molecule has 0 atom stereocenters. The number of rotatable bonds is 7. The first-order chi connectivity index (χ1) is 10.8. The third-order valence-corrected chi connectivity index (χ3v) is 7.60. The van der Waals surface area contributed by atoms with Gasteiger partial charge in [-0.1, -0.05) is 0 Å². The van der Waals surface area contributed by atoms with E-state index in [1.807, 2.05) is 5.32 Å². The largest absolute Gasteiger partial charge is 0.498 e. The van der Waals surface area contributed by atoms with Gasteiger partial charge in [0.25, 0.3) is 25.6 Å². The van der Waals surface area contributed by atoms with E-state index in [1.165, 1.54) is 0 Å². The summed E-state index contributed by atoms with van der Waals surface area (Å²) in [6.45, 7) is 2.21. The molecule has 0 radical (unpaired) electrons. The Hall–Kier alpha value is -1.38. The van der Waals surface area contributed by atoms with Crippen molar-refractivity contribution >= 4 is 31.8 Å². The van der Waals surface area contributed by atoms with E-state index < -0.39 is 59.6 Å². The number of halogens is 6. The van der Waals surface area contributed by atoms with Crippen LogP contribution >= 0.6 is 0 Å². The summed E-state index contributed by atoms with van der Waals surface area (Å²) in [5.41, 5.74) is -14.0. The lowest BCUT2D eigenvalue weighted by Gasteiger charge is -2.28. The molecule has 0 heterocycles. The lowest BCUT2D eigenvalue weighted by molar-refractivity contribution is -0.116. The van der Waals surface area contributed by atoms with Crippen molar-refractivity contribution in [2.75, 3.05) is 0 Å². The highest BCUT2D eigenvalue weighted by atomic mass is 32.3. The molecule has 15 heteroatoms. The Morgan fingerprint density at radius 1 is 1.00 bits per heavy atom. The molecule has 0 saturated carbocycles. The van der Waals surface area contributed by atoms with Gasteiger partial charge in [-0.05, 0) is 26.7 Å². The maximum absolute atomic E-state index is 12.6. The van der Waals surface area contributed by atoms with Gasteiger partial charge in [0, 0.05) is 5.54 Å². The van der Waals surface area contributed by atoms with Crippen molar-refractivity contribution in [2.24, 2.45) is 0 Å². The van der Waals surface area contributed by atoms with Gasteiger partial charge in [0.1, 0.15) is 0 Å². The second kappa shape index (κ2) is 7.09. The van der Waals surface area contributed by atoms with Crippen molar-refractivity contribution in [3.63, 3.8) is 0 Å². The Morgan fingerprint density at radius 2 is 1.36 bits per heavy atom. The van der Waals surface area contributed by atoms with Crippen LogP contribution in [0.5, 0.6) is 0 Å². The smallest absolute Gasteiger partial charge is 0.346 e. The van der Waals surface area contributed by atoms with Gasteiger partial charge in [-0.3, -0.25) is 4.79 Å². The standard InChI is InChI=1S/C10H14F6N2O5S2/c1-8(2,18-6(19)5-17)4-3-7(24(20,21)9(11,12)13)25(22,23)10(14,15)16/h5,7,17H,3-4H2,1-2H3,(H,18,19). The second-order valence-corrected chi connectivity index (χ2v) is 10.0. The van der Waals surface area contributed by atoms with Crippen molar-refractivity contribution in [1.82, 2.24) is 5.32 Å². The molecule has 0 saturated heterocycles. The van der Waals surface area contributed by atoms with E-state index in [4.69, 9.17) is 5.41 Å². The molecule has 0 aromatic rings. The van der Waals surface area contributed by atoms with Gasteiger partial charge in [-0.25, -0.2) is 16.8 Å². The van der Waals surface area contributed by atoms with Gasteiger partial charge in [-0.15, -0.1) is 0 Å². The predicted molar refractivity (Wildman–Crippen MR) is 74.0 cm³/mol. The van der Waals surface area contributed by atoms with Crippen molar-refractivity contribution in [2.45, 2.75) is 47.8 Å². The van der Waals surface area contributed by atoms with Crippen LogP contribution in [0.2, 0.25) is 0 Å². The van der Waals surface area contributed by atoms with E-state index in [9.17, 15) is 48.0 Å². The molecule has 0 aromatic heterocycles. The van der Waals surface area contributed by atoms with Crippen LogP contribution in [0.4, 0.5) is 26.3 Å². The van der Waals surface area contributed by atoms with E-state index in [0.717, 1.165) is 13.8 Å². The van der Waals surface area contributed by atoms with Gasteiger partial charge in [0.15, 0.2) is 4.58 Å². The summed E-state index contributed by atoms with van der Waals surface area (Å²) in [7, 11) is -13.4. The summed E-state index contributed by atoms with van der Waals surface area (Å²) >= 11 is 0.